The molecule has 2 aromatic carbocycles. The zero-order valence-corrected chi connectivity index (χ0v) is 13.6. The molecule has 6 heteroatoms. The lowest BCUT2D eigenvalue weighted by Crippen LogP contribution is -2.11. The van der Waals surface area contributed by atoms with Crippen LogP contribution in [-0.2, 0) is 12.2 Å². The van der Waals surface area contributed by atoms with Crippen LogP contribution in [0.15, 0.2) is 53.7 Å². The van der Waals surface area contributed by atoms with E-state index in [-0.39, 0.29) is 5.82 Å². The van der Waals surface area contributed by atoms with Crippen LogP contribution in [0.4, 0.5) is 4.39 Å². The summed E-state index contributed by atoms with van der Waals surface area (Å²) in [5.74, 6) is 7.16. The Bertz CT molecular complexity index is 781. The van der Waals surface area contributed by atoms with Crippen LogP contribution >= 0.6 is 11.8 Å². The number of hydrogen-bond donors (Lipinski definition) is 1. The van der Waals surface area contributed by atoms with Crippen molar-refractivity contribution < 1.29 is 4.39 Å². The van der Waals surface area contributed by atoms with Crippen LogP contribution in [0.1, 0.15) is 18.1 Å². The van der Waals surface area contributed by atoms with Gasteiger partial charge in [0.15, 0.2) is 5.82 Å². The SMILES string of the molecule is CCc1ccc(-c2nnc(SCc3ccc(F)cc3)n2N)cc1. The van der Waals surface area contributed by atoms with Crippen molar-refractivity contribution in [3.8, 4) is 11.4 Å². The van der Waals surface area contributed by atoms with Gasteiger partial charge in [-0.3, -0.25) is 0 Å². The van der Waals surface area contributed by atoms with Gasteiger partial charge in [0, 0.05) is 11.3 Å². The molecule has 118 valence electrons. The largest absolute Gasteiger partial charge is 0.335 e. The molecule has 0 aliphatic heterocycles. The lowest BCUT2D eigenvalue weighted by Gasteiger charge is -2.05. The van der Waals surface area contributed by atoms with Gasteiger partial charge in [-0.05, 0) is 29.7 Å². The Morgan fingerprint density at radius 3 is 2.30 bits per heavy atom. The molecule has 0 spiro atoms. The first-order valence-corrected chi connectivity index (χ1v) is 8.33. The Morgan fingerprint density at radius 1 is 1.00 bits per heavy atom. The van der Waals surface area contributed by atoms with E-state index in [1.165, 1.54) is 34.1 Å². The second kappa shape index (κ2) is 6.83. The van der Waals surface area contributed by atoms with Crippen molar-refractivity contribution >= 4 is 11.8 Å². The first kappa shape index (κ1) is 15.6. The van der Waals surface area contributed by atoms with Gasteiger partial charge in [-0.25, -0.2) is 9.07 Å². The molecule has 0 saturated carbocycles. The number of nitrogens with zero attached hydrogens (tertiary/aromatic N) is 3. The molecule has 0 aliphatic rings. The highest BCUT2D eigenvalue weighted by molar-refractivity contribution is 7.98. The van der Waals surface area contributed by atoms with Crippen LogP contribution in [0.5, 0.6) is 0 Å². The number of nitrogen functional groups attached to an aromatic ring is 1. The fourth-order valence-electron chi connectivity index (χ4n) is 2.19. The quantitative estimate of drug-likeness (QED) is 0.574. The second-order valence-electron chi connectivity index (χ2n) is 5.14. The number of aryl methyl sites for hydroxylation is 1. The summed E-state index contributed by atoms with van der Waals surface area (Å²) in [5.41, 5.74) is 3.21. The smallest absolute Gasteiger partial charge is 0.210 e. The van der Waals surface area contributed by atoms with Crippen molar-refractivity contribution in [2.45, 2.75) is 24.3 Å². The van der Waals surface area contributed by atoms with E-state index in [0.717, 1.165) is 17.5 Å². The van der Waals surface area contributed by atoms with Gasteiger partial charge in [0.2, 0.25) is 5.16 Å². The third-order valence-electron chi connectivity index (χ3n) is 3.57. The highest BCUT2D eigenvalue weighted by Gasteiger charge is 2.12. The molecule has 0 aliphatic carbocycles. The molecule has 3 aromatic rings. The van der Waals surface area contributed by atoms with E-state index in [4.69, 9.17) is 5.84 Å². The number of nitrogens with two attached hydrogens (primary N) is 1. The zero-order chi connectivity index (χ0) is 16.2. The molecule has 1 heterocycles. The summed E-state index contributed by atoms with van der Waals surface area (Å²) in [6.07, 6.45) is 0.994. The molecule has 4 nitrogen and oxygen atoms in total. The highest BCUT2D eigenvalue weighted by atomic mass is 32.2. The molecule has 0 amide bonds. The Morgan fingerprint density at radius 2 is 1.65 bits per heavy atom. The van der Waals surface area contributed by atoms with Gasteiger partial charge in [0.05, 0.1) is 0 Å². The van der Waals surface area contributed by atoms with Crippen molar-refractivity contribution in [3.63, 3.8) is 0 Å². The lowest BCUT2D eigenvalue weighted by molar-refractivity contribution is 0.627. The molecular formula is C17H17FN4S. The molecule has 0 fully saturated rings. The van der Waals surface area contributed by atoms with E-state index < -0.39 is 0 Å². The zero-order valence-electron chi connectivity index (χ0n) is 12.7. The normalized spacial score (nSPS) is 10.9. The number of thioether (sulfide) groups is 1. The highest BCUT2D eigenvalue weighted by Crippen LogP contribution is 2.24. The maximum atomic E-state index is 12.9. The van der Waals surface area contributed by atoms with Crippen LogP contribution < -0.4 is 5.84 Å². The summed E-state index contributed by atoms with van der Waals surface area (Å²) < 4.78 is 14.4. The number of halogens is 1. The minimum Gasteiger partial charge on any atom is -0.335 e. The minimum atomic E-state index is -0.237. The molecule has 1 aromatic heterocycles. The van der Waals surface area contributed by atoms with Crippen LogP contribution in [-0.4, -0.2) is 14.9 Å². The summed E-state index contributed by atoms with van der Waals surface area (Å²) in [4.78, 5) is 0. The van der Waals surface area contributed by atoms with Gasteiger partial charge >= 0.3 is 0 Å². The first-order chi connectivity index (χ1) is 11.2. The number of aromatic nitrogens is 3. The molecule has 0 unspecified atom stereocenters. The van der Waals surface area contributed by atoms with E-state index in [2.05, 4.69) is 29.3 Å². The summed E-state index contributed by atoms with van der Waals surface area (Å²) in [5, 5.41) is 8.95. The Labute approximate surface area is 138 Å². The van der Waals surface area contributed by atoms with E-state index >= 15 is 0 Å². The van der Waals surface area contributed by atoms with Gasteiger partial charge in [0.25, 0.3) is 0 Å². The molecule has 23 heavy (non-hydrogen) atoms. The molecule has 0 saturated heterocycles. The maximum Gasteiger partial charge on any atom is 0.210 e. The van der Waals surface area contributed by atoms with Crippen molar-refractivity contribution in [2.75, 3.05) is 5.84 Å². The van der Waals surface area contributed by atoms with Crippen molar-refractivity contribution in [1.29, 1.82) is 0 Å². The van der Waals surface area contributed by atoms with Crippen LogP contribution in [0, 0.1) is 5.82 Å². The molecule has 3 rings (SSSR count). The van der Waals surface area contributed by atoms with Gasteiger partial charge in [-0.2, -0.15) is 0 Å². The monoisotopic (exact) mass is 328 g/mol. The Kier molecular flexibility index (Phi) is 4.62. The lowest BCUT2D eigenvalue weighted by atomic mass is 10.1. The van der Waals surface area contributed by atoms with Crippen molar-refractivity contribution in [2.24, 2.45) is 0 Å². The van der Waals surface area contributed by atoms with Gasteiger partial charge in [-0.15, -0.1) is 10.2 Å². The molecule has 0 bridgehead atoms. The standard InChI is InChI=1S/C17H17FN4S/c1-2-12-3-7-14(8-4-12)16-20-21-17(22(16)19)23-11-13-5-9-15(18)10-6-13/h3-10H,2,11,19H2,1H3. The third kappa shape index (κ3) is 3.53. The summed E-state index contributed by atoms with van der Waals surface area (Å²) >= 11 is 1.47. The maximum absolute atomic E-state index is 12.9. The number of benzene rings is 2. The first-order valence-electron chi connectivity index (χ1n) is 7.34. The average molecular weight is 328 g/mol. The summed E-state index contributed by atoms with van der Waals surface area (Å²) in [7, 11) is 0. The van der Waals surface area contributed by atoms with Gasteiger partial charge < -0.3 is 5.84 Å². The average Bonchev–Trinajstić information content (AvgIpc) is 2.95. The van der Waals surface area contributed by atoms with Crippen molar-refractivity contribution in [3.05, 3.63) is 65.5 Å². The Balaban J connectivity index is 1.74. The summed E-state index contributed by atoms with van der Waals surface area (Å²) in [6.45, 7) is 2.12. The van der Waals surface area contributed by atoms with E-state index in [9.17, 15) is 4.39 Å². The topological polar surface area (TPSA) is 56.7 Å². The van der Waals surface area contributed by atoms with Gasteiger partial charge in [0.1, 0.15) is 5.82 Å². The fraction of sp³-hybridized carbons (Fsp3) is 0.176. The van der Waals surface area contributed by atoms with Gasteiger partial charge in [-0.1, -0.05) is 55.1 Å². The molecule has 2 N–H and O–H groups in total. The predicted molar refractivity (Wildman–Crippen MR) is 90.9 cm³/mol. The molecule has 0 radical (unpaired) electrons. The minimum absolute atomic E-state index is 0.237. The van der Waals surface area contributed by atoms with E-state index in [1.54, 1.807) is 12.1 Å². The van der Waals surface area contributed by atoms with Crippen LogP contribution in [0.25, 0.3) is 11.4 Å². The predicted octanol–water partition coefficient (Wildman–Crippen LogP) is 3.65. The summed E-state index contributed by atoms with van der Waals surface area (Å²) in [6, 6.07) is 14.5. The number of rotatable bonds is 5. The fourth-order valence-corrected chi connectivity index (χ4v) is 3.00. The van der Waals surface area contributed by atoms with Crippen LogP contribution in [0.2, 0.25) is 0 Å². The van der Waals surface area contributed by atoms with Crippen LogP contribution in [0.3, 0.4) is 0 Å². The number of hydrogen-bond acceptors (Lipinski definition) is 4. The third-order valence-corrected chi connectivity index (χ3v) is 4.58. The molecular weight excluding hydrogens is 311 g/mol. The van der Waals surface area contributed by atoms with E-state index in [1.807, 2.05) is 12.1 Å². The van der Waals surface area contributed by atoms with Crippen molar-refractivity contribution in [1.82, 2.24) is 14.9 Å². The molecule has 0 atom stereocenters. The van der Waals surface area contributed by atoms with E-state index in [0.29, 0.717) is 16.7 Å². The Hall–Kier alpha value is -2.34. The second-order valence-corrected chi connectivity index (χ2v) is 6.08.